The van der Waals surface area contributed by atoms with E-state index in [4.69, 9.17) is 0 Å². The first-order chi connectivity index (χ1) is 11.6. The molecule has 1 aromatic carbocycles. The van der Waals surface area contributed by atoms with Gasteiger partial charge in [0.1, 0.15) is 0 Å². The van der Waals surface area contributed by atoms with Crippen LogP contribution in [-0.4, -0.2) is 43.2 Å². The molecule has 3 rings (SSSR count). The van der Waals surface area contributed by atoms with Crippen LogP contribution in [0, 0.1) is 5.92 Å². The monoisotopic (exact) mass is 345 g/mol. The standard InChI is InChI=1S/C20H31N3S/c1-15(14-23-16(2)12-21-13-17(23)3)11-22-24-20-10-6-8-18-7-4-5-9-19(18)20/h5-6,8-10,15-17,21-22H,4,7,11-14H2,1-3H3/t15?,16-,17?/m1/s1. The van der Waals surface area contributed by atoms with Crippen LogP contribution in [0.25, 0.3) is 6.08 Å². The Morgan fingerprint density at radius 3 is 2.88 bits per heavy atom. The first-order valence-electron chi connectivity index (χ1n) is 9.29. The molecule has 1 fully saturated rings. The fourth-order valence-corrected chi connectivity index (χ4v) is 4.72. The van der Waals surface area contributed by atoms with E-state index in [0.29, 0.717) is 18.0 Å². The minimum atomic E-state index is 0.634. The van der Waals surface area contributed by atoms with Crippen molar-refractivity contribution < 1.29 is 0 Å². The zero-order valence-electron chi connectivity index (χ0n) is 15.2. The van der Waals surface area contributed by atoms with Gasteiger partial charge in [0, 0.05) is 43.2 Å². The van der Waals surface area contributed by atoms with E-state index in [1.54, 1.807) is 11.9 Å². The molecule has 0 amide bonds. The Morgan fingerprint density at radius 2 is 2.08 bits per heavy atom. The van der Waals surface area contributed by atoms with E-state index < -0.39 is 0 Å². The van der Waals surface area contributed by atoms with Crippen molar-refractivity contribution in [3.05, 3.63) is 35.4 Å². The molecule has 0 aromatic heterocycles. The van der Waals surface area contributed by atoms with Crippen molar-refractivity contribution in [3.63, 3.8) is 0 Å². The maximum absolute atomic E-state index is 3.61. The molecule has 3 nitrogen and oxygen atoms in total. The van der Waals surface area contributed by atoms with Gasteiger partial charge in [0.05, 0.1) is 0 Å². The second kappa shape index (κ2) is 8.52. The average molecular weight is 346 g/mol. The van der Waals surface area contributed by atoms with Crippen LogP contribution in [-0.2, 0) is 6.42 Å². The summed E-state index contributed by atoms with van der Waals surface area (Å²) in [6, 6.07) is 7.95. The summed E-state index contributed by atoms with van der Waals surface area (Å²) >= 11 is 1.79. The second-order valence-electron chi connectivity index (χ2n) is 7.38. The molecule has 132 valence electrons. The van der Waals surface area contributed by atoms with Gasteiger partial charge in [-0.3, -0.25) is 9.62 Å². The van der Waals surface area contributed by atoms with E-state index in [1.807, 2.05) is 0 Å². The van der Waals surface area contributed by atoms with Crippen molar-refractivity contribution in [2.75, 3.05) is 26.2 Å². The summed E-state index contributed by atoms with van der Waals surface area (Å²) in [6.45, 7) is 11.5. The fourth-order valence-electron chi connectivity index (χ4n) is 3.74. The Hall–Kier alpha value is -0.810. The van der Waals surface area contributed by atoms with Gasteiger partial charge in [0.2, 0.25) is 0 Å². The predicted octanol–water partition coefficient (Wildman–Crippen LogP) is 3.56. The Morgan fingerprint density at radius 1 is 1.29 bits per heavy atom. The molecule has 1 aromatic rings. The Labute approximate surface area is 151 Å². The molecule has 2 N–H and O–H groups in total. The summed E-state index contributed by atoms with van der Waals surface area (Å²) in [5, 5.41) is 3.51. The quantitative estimate of drug-likeness (QED) is 0.771. The van der Waals surface area contributed by atoms with Gasteiger partial charge < -0.3 is 5.32 Å². The fraction of sp³-hybridized carbons (Fsp3) is 0.600. The van der Waals surface area contributed by atoms with Gasteiger partial charge in [-0.1, -0.05) is 31.2 Å². The first-order valence-corrected chi connectivity index (χ1v) is 10.1. The molecule has 3 atom stereocenters. The maximum atomic E-state index is 3.61. The number of benzene rings is 1. The lowest BCUT2D eigenvalue weighted by Crippen LogP contribution is -2.56. The molecule has 0 spiro atoms. The summed E-state index contributed by atoms with van der Waals surface area (Å²) < 4.78 is 3.61. The molecular formula is C20H31N3S. The van der Waals surface area contributed by atoms with Crippen molar-refractivity contribution in [1.29, 1.82) is 0 Å². The van der Waals surface area contributed by atoms with E-state index in [0.717, 1.165) is 19.6 Å². The van der Waals surface area contributed by atoms with Crippen LogP contribution in [0.5, 0.6) is 0 Å². The highest BCUT2D eigenvalue weighted by Gasteiger charge is 2.25. The largest absolute Gasteiger partial charge is 0.314 e. The molecule has 1 heterocycles. The molecule has 1 aliphatic carbocycles. The van der Waals surface area contributed by atoms with E-state index in [1.165, 1.54) is 35.4 Å². The van der Waals surface area contributed by atoms with Crippen LogP contribution < -0.4 is 10.0 Å². The van der Waals surface area contributed by atoms with Crippen LogP contribution >= 0.6 is 11.9 Å². The van der Waals surface area contributed by atoms with Crippen molar-refractivity contribution in [1.82, 2.24) is 14.9 Å². The Bertz CT molecular complexity index is 562. The number of aryl methyl sites for hydroxylation is 1. The summed E-state index contributed by atoms with van der Waals surface area (Å²) in [4.78, 5) is 4.01. The smallest absolute Gasteiger partial charge is 0.0303 e. The van der Waals surface area contributed by atoms with Crippen LogP contribution in [0.2, 0.25) is 0 Å². The number of nitrogens with zero attached hydrogens (tertiary/aromatic N) is 1. The maximum Gasteiger partial charge on any atom is 0.0303 e. The van der Waals surface area contributed by atoms with Crippen molar-refractivity contribution in [2.24, 2.45) is 5.92 Å². The molecule has 1 aliphatic heterocycles. The zero-order chi connectivity index (χ0) is 16.9. The average Bonchev–Trinajstić information content (AvgIpc) is 2.58. The number of nitrogens with one attached hydrogen (secondary N) is 2. The minimum absolute atomic E-state index is 0.634. The van der Waals surface area contributed by atoms with Crippen LogP contribution in [0.3, 0.4) is 0 Å². The lowest BCUT2D eigenvalue weighted by molar-refractivity contribution is 0.100. The Kier molecular flexibility index (Phi) is 6.39. The van der Waals surface area contributed by atoms with Crippen molar-refractivity contribution in [2.45, 2.75) is 50.6 Å². The van der Waals surface area contributed by atoms with Crippen molar-refractivity contribution in [3.8, 4) is 0 Å². The first kappa shape index (κ1) is 18.0. The third kappa shape index (κ3) is 4.42. The molecule has 1 saturated heterocycles. The Balaban J connectivity index is 1.49. The highest BCUT2D eigenvalue weighted by Crippen LogP contribution is 2.28. The minimum Gasteiger partial charge on any atom is -0.314 e. The summed E-state index contributed by atoms with van der Waals surface area (Å²) in [5.74, 6) is 0.649. The SMILES string of the molecule is CC(CNSc1cccc2c1C=CCC2)CN1C(C)CNC[C@H]1C. The van der Waals surface area contributed by atoms with Gasteiger partial charge in [0.25, 0.3) is 0 Å². The molecule has 0 saturated carbocycles. The van der Waals surface area contributed by atoms with E-state index in [2.05, 4.69) is 66.1 Å². The van der Waals surface area contributed by atoms with Gasteiger partial charge in [-0.05, 0) is 61.7 Å². The van der Waals surface area contributed by atoms with Gasteiger partial charge in [-0.25, -0.2) is 0 Å². The van der Waals surface area contributed by atoms with E-state index in [-0.39, 0.29) is 0 Å². The summed E-state index contributed by atoms with van der Waals surface area (Å²) in [7, 11) is 0. The molecule has 24 heavy (non-hydrogen) atoms. The molecular weight excluding hydrogens is 314 g/mol. The highest BCUT2D eigenvalue weighted by atomic mass is 32.2. The van der Waals surface area contributed by atoms with Gasteiger partial charge in [-0.2, -0.15) is 0 Å². The molecule has 0 radical (unpaired) electrons. The number of rotatable bonds is 6. The number of allylic oxidation sites excluding steroid dienone is 1. The highest BCUT2D eigenvalue weighted by molar-refractivity contribution is 7.97. The molecule has 4 heteroatoms. The normalized spacial score (nSPS) is 25.5. The summed E-state index contributed by atoms with van der Waals surface area (Å²) in [5.41, 5.74) is 2.90. The van der Waals surface area contributed by atoms with Gasteiger partial charge >= 0.3 is 0 Å². The summed E-state index contributed by atoms with van der Waals surface area (Å²) in [6.07, 6.45) is 6.93. The topological polar surface area (TPSA) is 27.3 Å². The molecule has 2 unspecified atom stereocenters. The number of fused-ring (bicyclic) bond motifs is 1. The van der Waals surface area contributed by atoms with Crippen LogP contribution in [0.1, 0.15) is 38.3 Å². The van der Waals surface area contributed by atoms with E-state index >= 15 is 0 Å². The van der Waals surface area contributed by atoms with E-state index in [9.17, 15) is 0 Å². The van der Waals surface area contributed by atoms with Gasteiger partial charge in [0.15, 0.2) is 0 Å². The number of hydrogen-bond donors (Lipinski definition) is 2. The van der Waals surface area contributed by atoms with Crippen molar-refractivity contribution >= 4 is 18.0 Å². The zero-order valence-corrected chi connectivity index (χ0v) is 16.0. The lowest BCUT2D eigenvalue weighted by atomic mass is 9.98. The lowest BCUT2D eigenvalue weighted by Gasteiger charge is -2.40. The van der Waals surface area contributed by atoms with Gasteiger partial charge in [-0.15, -0.1) is 0 Å². The number of hydrogen-bond acceptors (Lipinski definition) is 4. The number of piperazine rings is 1. The third-order valence-corrected chi connectivity index (χ3v) is 6.06. The van der Waals surface area contributed by atoms with Crippen LogP contribution in [0.4, 0.5) is 0 Å². The second-order valence-corrected chi connectivity index (χ2v) is 8.31. The predicted molar refractivity (Wildman–Crippen MR) is 105 cm³/mol. The molecule has 2 aliphatic rings. The molecule has 0 bridgehead atoms. The van der Waals surface area contributed by atoms with Crippen LogP contribution in [0.15, 0.2) is 29.2 Å². The third-order valence-electron chi connectivity index (χ3n) is 5.17.